The van der Waals surface area contributed by atoms with Crippen LogP contribution in [0, 0.1) is 5.41 Å². The van der Waals surface area contributed by atoms with Crippen molar-refractivity contribution in [3.63, 3.8) is 0 Å². The monoisotopic (exact) mass is 584 g/mol. The van der Waals surface area contributed by atoms with E-state index >= 15 is 8.78 Å². The van der Waals surface area contributed by atoms with Crippen LogP contribution in [-0.2, 0) is 30.7 Å². The van der Waals surface area contributed by atoms with Crippen LogP contribution in [0.25, 0.3) is 0 Å². The molecule has 0 bridgehead atoms. The lowest BCUT2D eigenvalue weighted by atomic mass is 9.78. The van der Waals surface area contributed by atoms with Crippen molar-refractivity contribution in [2.24, 2.45) is 5.41 Å². The summed E-state index contributed by atoms with van der Waals surface area (Å²) in [6.07, 6.45) is -2.50. The molecule has 0 amide bonds. The molecule has 0 aromatic rings. The highest BCUT2D eigenvalue weighted by Crippen LogP contribution is 2.62. The lowest BCUT2D eigenvalue weighted by Crippen LogP contribution is -2.82. The van der Waals surface area contributed by atoms with Gasteiger partial charge in [0.25, 0.3) is 0 Å². The molecule has 4 atom stereocenters. The summed E-state index contributed by atoms with van der Waals surface area (Å²) in [7, 11) is -6.18. The first-order chi connectivity index (χ1) is 14.5. The van der Waals surface area contributed by atoms with Gasteiger partial charge in [-0.3, -0.25) is 0 Å². The van der Waals surface area contributed by atoms with E-state index in [-0.39, 0.29) is 52.4 Å². The van der Waals surface area contributed by atoms with Crippen molar-refractivity contribution >= 4 is 69.3 Å². The molecule has 0 aromatic carbocycles. The number of rotatable bonds is 11. The average molecular weight is 585 g/mol. The van der Waals surface area contributed by atoms with Crippen molar-refractivity contribution in [3.05, 3.63) is 12.3 Å². The summed E-state index contributed by atoms with van der Waals surface area (Å²) < 4.78 is 87.7. The van der Waals surface area contributed by atoms with Gasteiger partial charge < -0.3 is 30.7 Å². The second kappa shape index (κ2) is 10.4. The molecule has 0 aliphatic carbocycles. The van der Waals surface area contributed by atoms with Crippen molar-refractivity contribution in [2.45, 2.75) is 75.9 Å². The Morgan fingerprint density at radius 1 is 1.09 bits per heavy atom. The summed E-state index contributed by atoms with van der Waals surface area (Å²) in [4.78, 5) is 0. The number of hydrogen-bond donors (Lipinski definition) is 0. The second-order valence-corrected chi connectivity index (χ2v) is 19.2. The molecular formula is C15H39F3O7Si7. The summed E-state index contributed by atoms with van der Waals surface area (Å²) in [5.41, 5.74) is -2.06. The zero-order chi connectivity index (χ0) is 25.4. The SMILES string of the molecule is C=C[Si](C)(C)OC(C(F)(F)C(C)F)[Si]1(O[SiH3])OC(O[SiH3])(O[SiH3])C(O[SiH3])(O[SiH3])C(C)(C)C1C. The van der Waals surface area contributed by atoms with Gasteiger partial charge in [0.15, 0.2) is 32.9 Å². The van der Waals surface area contributed by atoms with Gasteiger partial charge in [-0.1, -0.05) is 26.5 Å². The second-order valence-electron chi connectivity index (χ2n) is 9.06. The Labute approximate surface area is 206 Å². The molecule has 1 saturated heterocycles. The summed E-state index contributed by atoms with van der Waals surface area (Å²) in [6.45, 7) is 13.4. The number of hydrogen-bond acceptors (Lipinski definition) is 7. The molecular weight excluding hydrogens is 546 g/mol. The molecule has 0 saturated carbocycles. The number of halogens is 3. The Morgan fingerprint density at radius 2 is 1.56 bits per heavy atom. The van der Waals surface area contributed by atoms with Crippen LogP contribution in [0.2, 0.25) is 18.6 Å². The van der Waals surface area contributed by atoms with Crippen LogP contribution in [0.4, 0.5) is 13.2 Å². The Morgan fingerprint density at radius 3 is 1.88 bits per heavy atom. The Kier molecular flexibility index (Phi) is 10.0. The Bertz CT molecular complexity index is 665. The van der Waals surface area contributed by atoms with Crippen LogP contribution >= 0.6 is 0 Å². The third kappa shape index (κ3) is 4.51. The van der Waals surface area contributed by atoms with Crippen LogP contribution in [0.15, 0.2) is 12.3 Å². The van der Waals surface area contributed by atoms with Crippen molar-refractivity contribution in [2.75, 3.05) is 0 Å². The van der Waals surface area contributed by atoms with E-state index in [9.17, 15) is 4.39 Å². The zero-order valence-electron chi connectivity index (χ0n) is 21.0. The van der Waals surface area contributed by atoms with Crippen molar-refractivity contribution in [1.82, 2.24) is 0 Å². The predicted octanol–water partition coefficient (Wildman–Crippen LogP) is -2.44. The van der Waals surface area contributed by atoms with Gasteiger partial charge in [0.05, 0.1) is 0 Å². The van der Waals surface area contributed by atoms with Gasteiger partial charge in [-0.25, -0.2) is 13.2 Å². The molecule has 17 heteroatoms. The fourth-order valence-corrected chi connectivity index (χ4v) is 16.8. The quantitative estimate of drug-likeness (QED) is 0.198. The molecule has 1 fully saturated rings. The van der Waals surface area contributed by atoms with Crippen LogP contribution in [0.3, 0.4) is 0 Å². The molecule has 0 N–H and O–H groups in total. The van der Waals surface area contributed by atoms with E-state index in [1.807, 2.05) is 13.8 Å². The molecule has 0 aromatic heterocycles. The molecule has 1 aliphatic heterocycles. The fraction of sp³-hybridized carbons (Fsp3) is 0.867. The maximum Gasteiger partial charge on any atom is 0.370 e. The lowest BCUT2D eigenvalue weighted by Gasteiger charge is -2.65. The van der Waals surface area contributed by atoms with Crippen LogP contribution in [-0.4, -0.2) is 98.9 Å². The molecule has 4 unspecified atom stereocenters. The maximum absolute atomic E-state index is 15.6. The average Bonchev–Trinajstić information content (AvgIpc) is 2.74. The van der Waals surface area contributed by atoms with Crippen molar-refractivity contribution in [1.29, 1.82) is 0 Å². The molecule has 1 rings (SSSR count). The van der Waals surface area contributed by atoms with E-state index in [0.29, 0.717) is 0 Å². The number of alkyl halides is 3. The first kappa shape index (κ1) is 30.8. The minimum atomic E-state index is -4.15. The molecule has 1 heterocycles. The van der Waals surface area contributed by atoms with Gasteiger partial charge in [0.1, 0.15) is 31.5 Å². The first-order valence-electron chi connectivity index (χ1n) is 10.3. The zero-order valence-corrected chi connectivity index (χ0v) is 33.0. The van der Waals surface area contributed by atoms with Gasteiger partial charge in [0.2, 0.25) is 14.1 Å². The van der Waals surface area contributed by atoms with Gasteiger partial charge in [0, 0.05) is 11.0 Å². The van der Waals surface area contributed by atoms with E-state index < -0.39 is 57.4 Å². The van der Waals surface area contributed by atoms with Crippen molar-refractivity contribution < 1.29 is 43.8 Å². The van der Waals surface area contributed by atoms with Crippen molar-refractivity contribution in [3.8, 4) is 0 Å². The Balaban J connectivity index is 4.00. The first-order valence-corrected chi connectivity index (χ1v) is 19.3. The van der Waals surface area contributed by atoms with Crippen LogP contribution in [0.1, 0.15) is 27.7 Å². The molecule has 7 nitrogen and oxygen atoms in total. The van der Waals surface area contributed by atoms with Crippen LogP contribution in [0.5, 0.6) is 0 Å². The van der Waals surface area contributed by atoms with Crippen LogP contribution < -0.4 is 0 Å². The third-order valence-corrected chi connectivity index (χ3v) is 17.4. The highest BCUT2D eigenvalue weighted by atomic mass is 28.4. The topological polar surface area (TPSA) is 64.6 Å². The Hall–Kier alpha value is 0.768. The highest BCUT2D eigenvalue weighted by Gasteiger charge is 2.79. The fourth-order valence-electron chi connectivity index (χ4n) is 4.44. The lowest BCUT2D eigenvalue weighted by molar-refractivity contribution is -0.437. The molecule has 0 spiro atoms. The smallest absolute Gasteiger partial charge is 0.370 e. The van der Waals surface area contributed by atoms with E-state index in [1.165, 1.54) is 5.70 Å². The highest BCUT2D eigenvalue weighted by molar-refractivity contribution is 6.79. The van der Waals surface area contributed by atoms with Gasteiger partial charge in [-0.15, -0.1) is 6.58 Å². The molecule has 0 radical (unpaired) electrons. The van der Waals surface area contributed by atoms with E-state index in [1.54, 1.807) is 20.0 Å². The molecule has 1 aliphatic rings. The van der Waals surface area contributed by atoms with E-state index in [0.717, 1.165) is 6.92 Å². The maximum atomic E-state index is 15.6. The van der Waals surface area contributed by atoms with Gasteiger partial charge >= 0.3 is 20.5 Å². The standard InChI is InChI=1S/C15H39F3O7Si7/c1-8-31(6,7)19-11(13(17,18)9(2)16)32(25-30)10(3)12(4,5)14(20-26,21-27)15(22-28,23-29)24-32/h8-11H,1H2,2-7,26-30H3. The predicted molar refractivity (Wildman–Crippen MR) is 139 cm³/mol. The minimum Gasteiger partial charge on any atom is -0.443 e. The summed E-state index contributed by atoms with van der Waals surface area (Å²) in [5.74, 6) is -7.27. The van der Waals surface area contributed by atoms with Gasteiger partial charge in [-0.2, -0.15) is 0 Å². The van der Waals surface area contributed by atoms with Gasteiger partial charge in [-0.05, 0) is 20.0 Å². The van der Waals surface area contributed by atoms with E-state index in [2.05, 4.69) is 6.58 Å². The normalized spacial score (nSPS) is 35.8. The molecule has 190 valence electrons. The largest absolute Gasteiger partial charge is 0.443 e. The minimum absolute atomic E-state index is 0.0509. The summed E-state index contributed by atoms with van der Waals surface area (Å²) in [5, 5.41) is 0. The third-order valence-electron chi connectivity index (χ3n) is 6.82. The van der Waals surface area contributed by atoms with E-state index in [4.69, 9.17) is 30.7 Å². The molecule has 32 heavy (non-hydrogen) atoms. The summed E-state index contributed by atoms with van der Waals surface area (Å²) >= 11 is 0. The summed E-state index contributed by atoms with van der Waals surface area (Å²) in [6, 6.07) is 0.